The molecular weight excluding hydrogens is 303 g/mol. The van der Waals surface area contributed by atoms with Crippen molar-refractivity contribution in [2.45, 2.75) is 17.8 Å². The standard InChI is InChI=1S/C12H12ClFN4OS/c1-2-5-18-12(15-16-17-18)20-7-11(19)9-4-3-8(14)6-10(9)13/h2-4,6,11,19H,1,5,7H2. The van der Waals surface area contributed by atoms with Crippen molar-refractivity contribution in [3.05, 3.63) is 47.3 Å². The number of aliphatic hydroxyl groups is 1. The molecule has 106 valence electrons. The van der Waals surface area contributed by atoms with Crippen LogP contribution in [0, 0.1) is 5.82 Å². The van der Waals surface area contributed by atoms with E-state index in [1.54, 1.807) is 10.8 Å². The number of thioether (sulfide) groups is 1. The van der Waals surface area contributed by atoms with Crippen molar-refractivity contribution < 1.29 is 9.50 Å². The van der Waals surface area contributed by atoms with Gasteiger partial charge in [0.05, 0.1) is 12.6 Å². The largest absolute Gasteiger partial charge is 0.387 e. The fraction of sp³-hybridized carbons (Fsp3) is 0.250. The summed E-state index contributed by atoms with van der Waals surface area (Å²) in [6, 6.07) is 3.90. The molecule has 0 spiro atoms. The van der Waals surface area contributed by atoms with Gasteiger partial charge in [-0.25, -0.2) is 9.07 Å². The number of hydrogen-bond acceptors (Lipinski definition) is 5. The number of aliphatic hydroxyl groups excluding tert-OH is 1. The molecule has 0 aliphatic rings. The van der Waals surface area contributed by atoms with Crippen LogP contribution in [0.15, 0.2) is 36.0 Å². The molecule has 1 heterocycles. The van der Waals surface area contributed by atoms with Crippen molar-refractivity contribution in [1.82, 2.24) is 20.2 Å². The summed E-state index contributed by atoms with van der Waals surface area (Å²) < 4.78 is 14.5. The van der Waals surface area contributed by atoms with Crippen molar-refractivity contribution in [2.24, 2.45) is 0 Å². The highest BCUT2D eigenvalue weighted by Gasteiger charge is 2.15. The lowest BCUT2D eigenvalue weighted by molar-refractivity contribution is 0.204. The lowest BCUT2D eigenvalue weighted by Crippen LogP contribution is -2.05. The van der Waals surface area contributed by atoms with E-state index < -0.39 is 11.9 Å². The van der Waals surface area contributed by atoms with Crippen LogP contribution in [0.1, 0.15) is 11.7 Å². The average Bonchev–Trinajstić information content (AvgIpc) is 2.84. The highest BCUT2D eigenvalue weighted by molar-refractivity contribution is 7.99. The summed E-state index contributed by atoms with van der Waals surface area (Å²) >= 11 is 7.18. The van der Waals surface area contributed by atoms with E-state index in [0.717, 1.165) is 0 Å². The van der Waals surface area contributed by atoms with E-state index in [0.29, 0.717) is 23.0 Å². The molecule has 0 radical (unpaired) electrons. The molecule has 5 nitrogen and oxygen atoms in total. The van der Waals surface area contributed by atoms with Crippen LogP contribution in [-0.2, 0) is 6.54 Å². The molecule has 1 aromatic heterocycles. The van der Waals surface area contributed by atoms with Crippen LogP contribution in [0.3, 0.4) is 0 Å². The fourth-order valence-electron chi connectivity index (χ4n) is 1.55. The number of benzene rings is 1. The van der Waals surface area contributed by atoms with E-state index in [-0.39, 0.29) is 5.02 Å². The first-order valence-corrected chi connectivity index (χ1v) is 7.11. The number of hydrogen-bond donors (Lipinski definition) is 1. The third-order valence-electron chi connectivity index (χ3n) is 2.49. The zero-order chi connectivity index (χ0) is 14.5. The van der Waals surface area contributed by atoms with Gasteiger partial charge < -0.3 is 5.11 Å². The second kappa shape index (κ2) is 6.83. The Morgan fingerprint density at radius 1 is 1.55 bits per heavy atom. The maximum Gasteiger partial charge on any atom is 0.209 e. The summed E-state index contributed by atoms with van der Waals surface area (Å²) in [7, 11) is 0. The van der Waals surface area contributed by atoms with E-state index >= 15 is 0 Å². The van der Waals surface area contributed by atoms with Crippen LogP contribution in [0.25, 0.3) is 0 Å². The van der Waals surface area contributed by atoms with Gasteiger partial charge in [-0.1, -0.05) is 35.5 Å². The third kappa shape index (κ3) is 3.56. The molecule has 1 atom stereocenters. The molecule has 20 heavy (non-hydrogen) atoms. The first-order chi connectivity index (χ1) is 9.61. The van der Waals surface area contributed by atoms with E-state index in [4.69, 9.17) is 11.6 Å². The van der Waals surface area contributed by atoms with Gasteiger partial charge in [0.25, 0.3) is 0 Å². The Morgan fingerprint density at radius 2 is 2.35 bits per heavy atom. The Balaban J connectivity index is 2.02. The molecule has 2 aromatic rings. The Labute approximate surface area is 124 Å². The van der Waals surface area contributed by atoms with Crippen LogP contribution in [0.4, 0.5) is 4.39 Å². The minimum Gasteiger partial charge on any atom is -0.387 e. The Morgan fingerprint density at radius 3 is 3.05 bits per heavy atom. The molecule has 1 unspecified atom stereocenters. The lowest BCUT2D eigenvalue weighted by Gasteiger charge is -2.12. The second-order valence-corrected chi connectivity index (χ2v) is 5.32. The van der Waals surface area contributed by atoms with Crippen molar-refractivity contribution in [2.75, 3.05) is 5.75 Å². The molecule has 0 saturated heterocycles. The van der Waals surface area contributed by atoms with Crippen LogP contribution >= 0.6 is 23.4 Å². The van der Waals surface area contributed by atoms with Crippen LogP contribution in [0.2, 0.25) is 5.02 Å². The quantitative estimate of drug-likeness (QED) is 0.655. The van der Waals surface area contributed by atoms with Gasteiger partial charge in [-0.3, -0.25) is 0 Å². The van der Waals surface area contributed by atoms with Crippen LogP contribution in [-0.4, -0.2) is 31.1 Å². The summed E-state index contributed by atoms with van der Waals surface area (Å²) in [4.78, 5) is 0. The minimum absolute atomic E-state index is 0.198. The second-order valence-electron chi connectivity index (χ2n) is 3.92. The van der Waals surface area contributed by atoms with Crippen LogP contribution in [0.5, 0.6) is 0 Å². The Bertz CT molecular complexity index is 607. The lowest BCUT2D eigenvalue weighted by atomic mass is 10.1. The smallest absolute Gasteiger partial charge is 0.209 e. The maximum absolute atomic E-state index is 12.9. The van der Waals surface area contributed by atoms with Gasteiger partial charge in [0.2, 0.25) is 5.16 Å². The van der Waals surface area contributed by atoms with Gasteiger partial charge >= 0.3 is 0 Å². The highest BCUT2D eigenvalue weighted by atomic mass is 35.5. The number of halogens is 2. The third-order valence-corrected chi connectivity index (χ3v) is 3.85. The van der Waals surface area contributed by atoms with Crippen molar-refractivity contribution in [1.29, 1.82) is 0 Å². The summed E-state index contributed by atoms with van der Waals surface area (Å²) in [6.07, 6.45) is 0.843. The van der Waals surface area contributed by atoms with E-state index in [9.17, 15) is 9.50 Å². The highest BCUT2D eigenvalue weighted by Crippen LogP contribution is 2.28. The van der Waals surface area contributed by atoms with Crippen LogP contribution < -0.4 is 0 Å². The first kappa shape index (κ1) is 15.0. The van der Waals surface area contributed by atoms with Crippen molar-refractivity contribution in [3.63, 3.8) is 0 Å². The average molecular weight is 315 g/mol. The zero-order valence-electron chi connectivity index (χ0n) is 10.4. The first-order valence-electron chi connectivity index (χ1n) is 5.74. The molecule has 0 amide bonds. The van der Waals surface area contributed by atoms with Crippen molar-refractivity contribution >= 4 is 23.4 Å². The molecule has 8 heteroatoms. The molecule has 0 saturated carbocycles. The SMILES string of the molecule is C=CCn1nnnc1SCC(O)c1ccc(F)cc1Cl. The molecule has 1 N–H and O–H groups in total. The molecule has 1 aromatic carbocycles. The van der Waals surface area contributed by atoms with Gasteiger partial charge in [-0.05, 0) is 22.6 Å². The molecule has 0 aliphatic carbocycles. The molecule has 0 bridgehead atoms. The number of aromatic nitrogens is 4. The fourth-order valence-corrected chi connectivity index (χ4v) is 2.69. The van der Waals surface area contributed by atoms with Gasteiger partial charge in [-0.2, -0.15) is 0 Å². The number of rotatable bonds is 6. The minimum atomic E-state index is -0.831. The van der Waals surface area contributed by atoms with Gasteiger partial charge in [0.15, 0.2) is 0 Å². The van der Waals surface area contributed by atoms with Crippen molar-refractivity contribution in [3.8, 4) is 0 Å². The summed E-state index contributed by atoms with van der Waals surface area (Å²) in [6.45, 7) is 4.10. The van der Waals surface area contributed by atoms with Gasteiger partial charge in [-0.15, -0.1) is 11.7 Å². The van der Waals surface area contributed by atoms with E-state index in [1.165, 1.54) is 30.0 Å². The van der Waals surface area contributed by atoms with Gasteiger partial charge in [0, 0.05) is 16.3 Å². The summed E-state index contributed by atoms with van der Waals surface area (Å²) in [5, 5.41) is 22.1. The number of allylic oxidation sites excluding steroid dienone is 1. The molecule has 2 rings (SSSR count). The predicted octanol–water partition coefficient (Wildman–Crippen LogP) is 2.48. The summed E-state index contributed by atoms with van der Waals surface area (Å²) in [5.41, 5.74) is 0.475. The van der Waals surface area contributed by atoms with E-state index in [2.05, 4.69) is 22.1 Å². The molecular formula is C12H12ClFN4OS. The monoisotopic (exact) mass is 314 g/mol. The topological polar surface area (TPSA) is 63.8 Å². The predicted molar refractivity (Wildman–Crippen MR) is 75.1 cm³/mol. The normalized spacial score (nSPS) is 12.3. The number of tetrazole rings is 1. The zero-order valence-corrected chi connectivity index (χ0v) is 12.0. The van der Waals surface area contributed by atoms with E-state index in [1.807, 2.05) is 0 Å². The Hall–Kier alpha value is -1.44. The maximum atomic E-state index is 12.9. The van der Waals surface area contributed by atoms with Gasteiger partial charge in [0.1, 0.15) is 5.82 Å². The Kier molecular flexibility index (Phi) is 5.11. The molecule has 0 fully saturated rings. The number of nitrogens with zero attached hydrogens (tertiary/aromatic N) is 4. The summed E-state index contributed by atoms with van der Waals surface area (Å²) in [5.74, 6) is -0.128. The molecule has 0 aliphatic heterocycles.